The average molecular weight is 377 g/mol. The second-order valence-corrected chi connectivity index (χ2v) is 6.84. The average Bonchev–Trinajstić information content (AvgIpc) is 2.77. The van der Waals surface area contributed by atoms with Crippen LogP contribution in [0, 0.1) is 6.92 Å². The summed E-state index contributed by atoms with van der Waals surface area (Å²) in [5.74, 6) is 0. The lowest BCUT2D eigenvalue weighted by Crippen LogP contribution is -2.09. The zero-order chi connectivity index (χ0) is 19.9. The van der Waals surface area contributed by atoms with Crippen LogP contribution in [0.25, 0.3) is 0 Å². The van der Waals surface area contributed by atoms with Crippen molar-refractivity contribution in [3.63, 3.8) is 0 Å². The highest BCUT2D eigenvalue weighted by Gasteiger charge is 2.11. The third kappa shape index (κ3) is 4.71. The molecule has 142 valence electrons. The first-order chi connectivity index (χ1) is 14.3. The molecule has 0 unspecified atom stereocenters. The van der Waals surface area contributed by atoms with E-state index in [1.54, 1.807) is 0 Å². The molecular formula is C26H23N3. The first-order valence-corrected chi connectivity index (χ1v) is 9.66. The summed E-state index contributed by atoms with van der Waals surface area (Å²) in [6, 6.07) is 37.3. The molecule has 0 fully saturated rings. The summed E-state index contributed by atoms with van der Waals surface area (Å²) < 4.78 is 0. The van der Waals surface area contributed by atoms with Crippen molar-refractivity contribution in [1.29, 1.82) is 0 Å². The Balaban J connectivity index is 1.55. The van der Waals surface area contributed by atoms with Gasteiger partial charge in [0.15, 0.2) is 0 Å². The van der Waals surface area contributed by atoms with E-state index >= 15 is 0 Å². The number of rotatable bonds is 6. The van der Waals surface area contributed by atoms with E-state index < -0.39 is 0 Å². The first kappa shape index (κ1) is 18.5. The lowest BCUT2D eigenvalue weighted by molar-refractivity contribution is 1.28. The van der Waals surface area contributed by atoms with Crippen molar-refractivity contribution in [3.05, 3.63) is 120 Å². The summed E-state index contributed by atoms with van der Waals surface area (Å²) in [6.07, 6.45) is 1.83. The number of para-hydroxylation sites is 2. The fourth-order valence-electron chi connectivity index (χ4n) is 3.21. The van der Waals surface area contributed by atoms with Gasteiger partial charge in [-0.1, -0.05) is 60.7 Å². The van der Waals surface area contributed by atoms with Gasteiger partial charge in [0.1, 0.15) is 0 Å². The SMILES string of the molecule is Cc1cccc(NN=Cc2ccc(N(c3ccccc3)c3ccccc3)cc2)c1. The molecule has 0 saturated heterocycles. The Bertz CT molecular complexity index is 1030. The third-order valence-electron chi connectivity index (χ3n) is 4.61. The number of nitrogens with one attached hydrogen (secondary N) is 1. The van der Waals surface area contributed by atoms with Gasteiger partial charge in [0.2, 0.25) is 0 Å². The summed E-state index contributed by atoms with van der Waals surface area (Å²) >= 11 is 0. The van der Waals surface area contributed by atoms with Gasteiger partial charge in [0.25, 0.3) is 0 Å². The molecule has 3 nitrogen and oxygen atoms in total. The minimum atomic E-state index is 0.984. The van der Waals surface area contributed by atoms with E-state index in [1.165, 1.54) is 5.56 Å². The Morgan fingerprint density at radius 2 is 1.24 bits per heavy atom. The van der Waals surface area contributed by atoms with E-state index in [-0.39, 0.29) is 0 Å². The smallest absolute Gasteiger partial charge is 0.0564 e. The van der Waals surface area contributed by atoms with Crippen molar-refractivity contribution in [1.82, 2.24) is 0 Å². The topological polar surface area (TPSA) is 27.6 Å². The molecule has 4 rings (SSSR count). The molecule has 0 bridgehead atoms. The molecule has 3 heteroatoms. The van der Waals surface area contributed by atoms with Gasteiger partial charge in [-0.2, -0.15) is 5.10 Å². The van der Waals surface area contributed by atoms with Crippen LogP contribution in [0.1, 0.15) is 11.1 Å². The predicted molar refractivity (Wildman–Crippen MR) is 124 cm³/mol. The van der Waals surface area contributed by atoms with Gasteiger partial charge in [-0.05, 0) is 66.6 Å². The largest absolute Gasteiger partial charge is 0.311 e. The van der Waals surface area contributed by atoms with Crippen molar-refractivity contribution in [3.8, 4) is 0 Å². The van der Waals surface area contributed by atoms with Crippen LogP contribution in [0.5, 0.6) is 0 Å². The van der Waals surface area contributed by atoms with Gasteiger partial charge in [0, 0.05) is 17.1 Å². The number of anilines is 4. The maximum Gasteiger partial charge on any atom is 0.0564 e. The number of hydrogen-bond acceptors (Lipinski definition) is 3. The highest BCUT2D eigenvalue weighted by molar-refractivity contribution is 5.83. The van der Waals surface area contributed by atoms with Gasteiger partial charge in [-0.25, -0.2) is 0 Å². The zero-order valence-electron chi connectivity index (χ0n) is 16.4. The molecule has 0 spiro atoms. The number of aryl methyl sites for hydroxylation is 1. The molecule has 4 aromatic carbocycles. The quantitative estimate of drug-likeness (QED) is 0.292. The van der Waals surface area contributed by atoms with Gasteiger partial charge >= 0.3 is 0 Å². The Morgan fingerprint density at radius 3 is 1.83 bits per heavy atom. The van der Waals surface area contributed by atoms with Crippen molar-refractivity contribution >= 4 is 29.0 Å². The molecule has 1 N–H and O–H groups in total. The Kier molecular flexibility index (Phi) is 5.68. The second-order valence-electron chi connectivity index (χ2n) is 6.84. The summed E-state index contributed by atoms with van der Waals surface area (Å²) in [6.45, 7) is 2.07. The highest BCUT2D eigenvalue weighted by Crippen LogP contribution is 2.33. The van der Waals surface area contributed by atoms with Gasteiger partial charge in [0.05, 0.1) is 11.9 Å². The number of hydrogen-bond donors (Lipinski definition) is 1. The molecule has 0 aliphatic rings. The molecule has 0 aliphatic carbocycles. The van der Waals surface area contributed by atoms with Crippen molar-refractivity contribution in [2.75, 3.05) is 10.3 Å². The zero-order valence-corrected chi connectivity index (χ0v) is 16.4. The lowest BCUT2D eigenvalue weighted by Gasteiger charge is -2.25. The van der Waals surface area contributed by atoms with Crippen LogP contribution in [0.15, 0.2) is 114 Å². The minimum absolute atomic E-state index is 0.984. The minimum Gasteiger partial charge on any atom is -0.311 e. The lowest BCUT2D eigenvalue weighted by atomic mass is 10.1. The molecule has 0 amide bonds. The van der Waals surface area contributed by atoms with Crippen LogP contribution in [-0.4, -0.2) is 6.21 Å². The highest BCUT2D eigenvalue weighted by atomic mass is 15.3. The van der Waals surface area contributed by atoms with Crippen molar-refractivity contribution < 1.29 is 0 Å². The van der Waals surface area contributed by atoms with Crippen LogP contribution >= 0.6 is 0 Å². The van der Waals surface area contributed by atoms with Crippen LogP contribution in [-0.2, 0) is 0 Å². The number of nitrogens with zero attached hydrogens (tertiary/aromatic N) is 2. The fraction of sp³-hybridized carbons (Fsp3) is 0.0385. The molecule has 0 atom stereocenters. The molecule has 0 radical (unpaired) electrons. The van der Waals surface area contributed by atoms with E-state index in [9.17, 15) is 0 Å². The van der Waals surface area contributed by atoms with Crippen LogP contribution < -0.4 is 10.3 Å². The standard InChI is InChI=1S/C26H23N3/c1-21-9-8-10-23(19-21)28-27-20-22-15-17-26(18-16-22)29(24-11-4-2-5-12-24)25-13-6-3-7-14-25/h2-20,28H,1H3. The Morgan fingerprint density at radius 1 is 0.655 bits per heavy atom. The number of hydrazone groups is 1. The summed E-state index contributed by atoms with van der Waals surface area (Å²) in [7, 11) is 0. The van der Waals surface area contributed by atoms with E-state index in [4.69, 9.17) is 0 Å². The van der Waals surface area contributed by atoms with Crippen LogP contribution in [0.2, 0.25) is 0 Å². The third-order valence-corrected chi connectivity index (χ3v) is 4.61. The first-order valence-electron chi connectivity index (χ1n) is 9.66. The van der Waals surface area contributed by atoms with Gasteiger partial charge in [-0.15, -0.1) is 0 Å². The van der Waals surface area contributed by atoms with Gasteiger partial charge < -0.3 is 4.90 Å². The maximum absolute atomic E-state index is 4.36. The van der Waals surface area contributed by atoms with Crippen molar-refractivity contribution in [2.24, 2.45) is 5.10 Å². The summed E-state index contributed by atoms with van der Waals surface area (Å²) in [5.41, 5.74) is 9.66. The van der Waals surface area contributed by atoms with Crippen LogP contribution in [0.3, 0.4) is 0 Å². The normalized spacial score (nSPS) is 10.8. The molecule has 0 saturated carbocycles. The molecule has 0 aliphatic heterocycles. The summed E-state index contributed by atoms with van der Waals surface area (Å²) in [4.78, 5) is 2.24. The predicted octanol–water partition coefficient (Wildman–Crippen LogP) is 6.91. The van der Waals surface area contributed by atoms with E-state index in [2.05, 4.69) is 107 Å². The number of benzene rings is 4. The molecular weight excluding hydrogens is 354 g/mol. The van der Waals surface area contributed by atoms with E-state index in [0.29, 0.717) is 0 Å². The Hall–Kier alpha value is -3.85. The molecule has 29 heavy (non-hydrogen) atoms. The van der Waals surface area contributed by atoms with Crippen LogP contribution in [0.4, 0.5) is 22.7 Å². The fourth-order valence-corrected chi connectivity index (χ4v) is 3.21. The molecule has 0 aromatic heterocycles. The monoisotopic (exact) mass is 377 g/mol. The van der Waals surface area contributed by atoms with E-state index in [1.807, 2.05) is 30.5 Å². The maximum atomic E-state index is 4.36. The molecule has 0 heterocycles. The second kappa shape index (κ2) is 8.89. The van der Waals surface area contributed by atoms with Gasteiger partial charge in [-0.3, -0.25) is 5.43 Å². The summed E-state index contributed by atoms with van der Waals surface area (Å²) in [5, 5.41) is 4.36. The Labute approximate surface area is 172 Å². The van der Waals surface area contributed by atoms with E-state index in [0.717, 1.165) is 28.3 Å². The van der Waals surface area contributed by atoms with Crippen molar-refractivity contribution in [2.45, 2.75) is 6.92 Å². The molecule has 4 aromatic rings.